The van der Waals surface area contributed by atoms with E-state index in [-0.39, 0.29) is 5.91 Å². The second-order valence-electron chi connectivity index (χ2n) is 7.16. The molecule has 2 aromatic carbocycles. The van der Waals surface area contributed by atoms with Gasteiger partial charge in [0.05, 0.1) is 11.1 Å². The van der Waals surface area contributed by atoms with Gasteiger partial charge in [0.1, 0.15) is 5.82 Å². The lowest BCUT2D eigenvalue weighted by molar-refractivity contribution is -0.124. The van der Waals surface area contributed by atoms with Crippen molar-refractivity contribution in [1.82, 2.24) is 14.8 Å². The lowest BCUT2D eigenvalue weighted by Gasteiger charge is -2.40. The van der Waals surface area contributed by atoms with Crippen LogP contribution in [0.1, 0.15) is 24.2 Å². The number of aromatic nitrogens is 3. The minimum absolute atomic E-state index is 0.270. The average molecular weight is 396 g/mol. The minimum atomic E-state index is -0.641. The van der Waals surface area contributed by atoms with Crippen molar-refractivity contribution in [2.45, 2.75) is 25.2 Å². The molecule has 144 valence electrons. The number of aryl methyl sites for hydroxylation is 1. The Balaban J connectivity index is 1.63. The Hall–Kier alpha value is -2.86. The quantitative estimate of drug-likeness (QED) is 0.735. The number of hydrogen-bond donors (Lipinski definition) is 1. The third-order valence-corrected chi connectivity index (χ3v) is 5.84. The standard InChI is InChI=1S/C21H22ClN5O/c1-15-24-25-20(27(15)18-9-7-17(22)8-10-18)26-13-11-21(12-14-26,19(23)28)16-5-3-2-4-6-16/h2-10H,11-14H2,1H3,(H2,23,28). The molecule has 1 amide bonds. The highest BCUT2D eigenvalue weighted by molar-refractivity contribution is 6.30. The van der Waals surface area contributed by atoms with Gasteiger partial charge in [0.2, 0.25) is 11.9 Å². The van der Waals surface area contributed by atoms with Gasteiger partial charge in [-0.25, -0.2) is 0 Å². The molecule has 1 fully saturated rings. The van der Waals surface area contributed by atoms with Crippen LogP contribution >= 0.6 is 11.6 Å². The highest BCUT2D eigenvalue weighted by Crippen LogP contribution is 2.37. The smallest absolute Gasteiger partial charge is 0.231 e. The first-order chi connectivity index (χ1) is 13.5. The molecule has 28 heavy (non-hydrogen) atoms. The van der Waals surface area contributed by atoms with E-state index >= 15 is 0 Å². The van der Waals surface area contributed by atoms with Crippen molar-refractivity contribution >= 4 is 23.5 Å². The van der Waals surface area contributed by atoms with Gasteiger partial charge in [0.15, 0.2) is 0 Å². The summed E-state index contributed by atoms with van der Waals surface area (Å²) >= 11 is 6.03. The van der Waals surface area contributed by atoms with Gasteiger partial charge >= 0.3 is 0 Å². The Morgan fingerprint density at radius 2 is 1.68 bits per heavy atom. The number of piperidine rings is 1. The normalized spacial score (nSPS) is 16.1. The molecule has 0 unspecified atom stereocenters. The topological polar surface area (TPSA) is 77.0 Å². The predicted octanol–water partition coefficient (Wildman–Crippen LogP) is 3.25. The van der Waals surface area contributed by atoms with Gasteiger partial charge in [-0.2, -0.15) is 0 Å². The Bertz CT molecular complexity index is 976. The largest absolute Gasteiger partial charge is 0.369 e. The van der Waals surface area contributed by atoms with Gasteiger partial charge in [-0.3, -0.25) is 9.36 Å². The van der Waals surface area contributed by atoms with E-state index in [1.165, 1.54) is 0 Å². The van der Waals surface area contributed by atoms with Crippen molar-refractivity contribution in [2.24, 2.45) is 5.73 Å². The summed E-state index contributed by atoms with van der Waals surface area (Å²) < 4.78 is 2.01. The fourth-order valence-corrected chi connectivity index (χ4v) is 4.10. The van der Waals surface area contributed by atoms with Gasteiger partial charge in [-0.15, -0.1) is 10.2 Å². The van der Waals surface area contributed by atoms with E-state index in [2.05, 4.69) is 15.1 Å². The van der Waals surface area contributed by atoms with Gasteiger partial charge in [-0.05, 0) is 49.6 Å². The summed E-state index contributed by atoms with van der Waals surface area (Å²) in [4.78, 5) is 14.6. The SMILES string of the molecule is Cc1nnc(N2CCC(C(N)=O)(c3ccccc3)CC2)n1-c1ccc(Cl)cc1. The van der Waals surface area contributed by atoms with E-state index in [9.17, 15) is 4.79 Å². The van der Waals surface area contributed by atoms with E-state index in [0.29, 0.717) is 31.0 Å². The number of anilines is 1. The molecule has 0 bridgehead atoms. The zero-order valence-electron chi connectivity index (χ0n) is 15.7. The Kier molecular flexibility index (Phi) is 4.81. The molecule has 0 radical (unpaired) electrons. The number of nitrogens with zero attached hydrogens (tertiary/aromatic N) is 4. The number of nitrogens with two attached hydrogens (primary N) is 1. The molecule has 7 heteroatoms. The van der Waals surface area contributed by atoms with Crippen LogP contribution in [0.3, 0.4) is 0 Å². The molecule has 1 saturated heterocycles. The summed E-state index contributed by atoms with van der Waals surface area (Å²) in [7, 11) is 0. The number of rotatable bonds is 4. The van der Waals surface area contributed by atoms with Gasteiger partial charge < -0.3 is 10.6 Å². The Morgan fingerprint density at radius 3 is 2.29 bits per heavy atom. The van der Waals surface area contributed by atoms with Crippen LogP contribution in [0.25, 0.3) is 5.69 Å². The van der Waals surface area contributed by atoms with E-state index in [1.807, 2.05) is 66.1 Å². The number of halogens is 1. The molecular formula is C21H22ClN5O. The second-order valence-corrected chi connectivity index (χ2v) is 7.59. The van der Waals surface area contributed by atoms with Crippen LogP contribution in [0.4, 0.5) is 5.95 Å². The summed E-state index contributed by atoms with van der Waals surface area (Å²) in [5, 5.41) is 9.34. The van der Waals surface area contributed by atoms with Gasteiger partial charge in [0, 0.05) is 18.1 Å². The van der Waals surface area contributed by atoms with Crippen molar-refractivity contribution in [2.75, 3.05) is 18.0 Å². The van der Waals surface area contributed by atoms with E-state index in [4.69, 9.17) is 17.3 Å². The van der Waals surface area contributed by atoms with Crippen LogP contribution in [0.5, 0.6) is 0 Å². The molecule has 1 aliphatic heterocycles. The number of carbonyl (C=O) groups excluding carboxylic acids is 1. The summed E-state index contributed by atoms with van der Waals surface area (Å²) in [5.41, 5.74) is 7.15. The number of hydrogen-bond acceptors (Lipinski definition) is 4. The Morgan fingerprint density at radius 1 is 1.04 bits per heavy atom. The average Bonchev–Trinajstić information content (AvgIpc) is 3.10. The van der Waals surface area contributed by atoms with Crippen molar-refractivity contribution in [3.05, 3.63) is 71.0 Å². The number of carbonyl (C=O) groups is 1. The summed E-state index contributed by atoms with van der Waals surface area (Å²) in [6, 6.07) is 17.4. The van der Waals surface area contributed by atoms with E-state index < -0.39 is 5.41 Å². The van der Waals surface area contributed by atoms with Crippen LogP contribution in [0.15, 0.2) is 54.6 Å². The van der Waals surface area contributed by atoms with E-state index in [0.717, 1.165) is 23.0 Å². The molecule has 4 rings (SSSR count). The van der Waals surface area contributed by atoms with Crippen LogP contribution in [0, 0.1) is 6.92 Å². The molecule has 0 spiro atoms. The fourth-order valence-electron chi connectivity index (χ4n) is 3.97. The van der Waals surface area contributed by atoms with Crippen LogP contribution < -0.4 is 10.6 Å². The second kappa shape index (κ2) is 7.28. The van der Waals surface area contributed by atoms with Crippen molar-refractivity contribution in [1.29, 1.82) is 0 Å². The first-order valence-corrected chi connectivity index (χ1v) is 9.67. The Labute approximate surface area is 168 Å². The summed E-state index contributed by atoms with van der Waals surface area (Å²) in [6.45, 7) is 3.26. The van der Waals surface area contributed by atoms with Crippen molar-refractivity contribution in [3.8, 4) is 5.69 Å². The maximum Gasteiger partial charge on any atom is 0.231 e. The molecule has 0 aliphatic carbocycles. The lowest BCUT2D eigenvalue weighted by atomic mass is 9.72. The van der Waals surface area contributed by atoms with Gasteiger partial charge in [0.25, 0.3) is 0 Å². The first kappa shape index (κ1) is 18.5. The third-order valence-electron chi connectivity index (χ3n) is 5.59. The van der Waals surface area contributed by atoms with E-state index in [1.54, 1.807) is 0 Å². The molecule has 2 N–H and O–H groups in total. The summed E-state index contributed by atoms with van der Waals surface area (Å²) in [6.07, 6.45) is 1.28. The zero-order chi connectivity index (χ0) is 19.7. The van der Waals surface area contributed by atoms with Crippen LogP contribution in [0.2, 0.25) is 5.02 Å². The predicted molar refractivity (Wildman–Crippen MR) is 110 cm³/mol. The van der Waals surface area contributed by atoms with Crippen LogP contribution in [-0.2, 0) is 10.2 Å². The first-order valence-electron chi connectivity index (χ1n) is 9.30. The lowest BCUT2D eigenvalue weighted by Crippen LogP contribution is -2.50. The molecule has 3 aromatic rings. The number of primary amides is 1. The van der Waals surface area contributed by atoms with Crippen LogP contribution in [-0.4, -0.2) is 33.8 Å². The third kappa shape index (κ3) is 3.14. The van der Waals surface area contributed by atoms with Gasteiger partial charge in [-0.1, -0.05) is 41.9 Å². The minimum Gasteiger partial charge on any atom is -0.369 e. The molecule has 0 atom stereocenters. The molecular weight excluding hydrogens is 374 g/mol. The fraction of sp³-hybridized carbons (Fsp3) is 0.286. The van der Waals surface area contributed by atoms with Crippen molar-refractivity contribution in [3.63, 3.8) is 0 Å². The number of amides is 1. The summed E-state index contributed by atoms with van der Waals surface area (Å²) in [5.74, 6) is 1.30. The molecule has 1 aromatic heterocycles. The molecule has 6 nitrogen and oxygen atoms in total. The molecule has 1 aliphatic rings. The zero-order valence-corrected chi connectivity index (χ0v) is 16.4. The number of benzene rings is 2. The maximum absolute atomic E-state index is 12.4. The highest BCUT2D eigenvalue weighted by atomic mass is 35.5. The monoisotopic (exact) mass is 395 g/mol. The highest BCUT2D eigenvalue weighted by Gasteiger charge is 2.42. The molecule has 0 saturated carbocycles. The maximum atomic E-state index is 12.4. The molecule has 2 heterocycles. The van der Waals surface area contributed by atoms with Crippen molar-refractivity contribution < 1.29 is 4.79 Å².